The fourth-order valence-corrected chi connectivity index (χ4v) is 2.01. The van der Waals surface area contributed by atoms with Crippen LogP contribution in [0.15, 0.2) is 55.4 Å². The largest absolute Gasteiger partial charge is 0.379 e. The van der Waals surface area contributed by atoms with E-state index in [1.54, 1.807) is 17.2 Å². The van der Waals surface area contributed by atoms with Crippen LogP contribution < -0.4 is 5.32 Å². The average molecular weight is 253 g/mol. The van der Waals surface area contributed by atoms with Crippen LogP contribution in [-0.2, 0) is 13.6 Å². The van der Waals surface area contributed by atoms with E-state index in [0.29, 0.717) is 0 Å². The van der Waals surface area contributed by atoms with Gasteiger partial charge in [-0.25, -0.2) is 4.98 Å². The molecule has 0 unspecified atom stereocenters. The number of hydrogen-bond donors (Lipinski definition) is 1. The summed E-state index contributed by atoms with van der Waals surface area (Å²) in [6.07, 6.45) is 9.38. The van der Waals surface area contributed by atoms with Crippen molar-refractivity contribution < 1.29 is 0 Å². The van der Waals surface area contributed by atoms with Gasteiger partial charge in [-0.05, 0) is 12.1 Å². The number of imidazole rings is 1. The van der Waals surface area contributed by atoms with Crippen LogP contribution in [0.25, 0.3) is 5.69 Å². The predicted octanol–water partition coefficient (Wildman–Crippen LogP) is 2.22. The van der Waals surface area contributed by atoms with Gasteiger partial charge in [-0.15, -0.1) is 0 Å². The molecule has 19 heavy (non-hydrogen) atoms. The average Bonchev–Trinajstić information content (AvgIpc) is 3.08. The smallest absolute Gasteiger partial charge is 0.0992 e. The van der Waals surface area contributed by atoms with E-state index in [1.807, 2.05) is 42.3 Å². The number of nitrogens with one attached hydrogen (secondary N) is 1. The van der Waals surface area contributed by atoms with E-state index in [0.717, 1.165) is 23.5 Å². The van der Waals surface area contributed by atoms with Crippen molar-refractivity contribution in [3.05, 3.63) is 60.9 Å². The molecule has 5 nitrogen and oxygen atoms in total. The Labute approximate surface area is 111 Å². The van der Waals surface area contributed by atoms with Crippen molar-refractivity contribution in [2.24, 2.45) is 7.05 Å². The van der Waals surface area contributed by atoms with Gasteiger partial charge in [0.05, 0.1) is 23.9 Å². The van der Waals surface area contributed by atoms with Gasteiger partial charge in [0.2, 0.25) is 0 Å². The lowest BCUT2D eigenvalue weighted by Crippen LogP contribution is -2.03. The molecule has 3 aromatic rings. The molecule has 0 radical (unpaired) electrons. The lowest BCUT2D eigenvalue weighted by molar-refractivity contribution is 0.767. The number of aryl methyl sites for hydroxylation is 1. The Morgan fingerprint density at radius 2 is 2.16 bits per heavy atom. The Balaban J connectivity index is 1.81. The van der Waals surface area contributed by atoms with Gasteiger partial charge in [-0.3, -0.25) is 4.68 Å². The maximum absolute atomic E-state index is 4.16. The highest BCUT2D eigenvalue weighted by Gasteiger charge is 2.03. The van der Waals surface area contributed by atoms with Gasteiger partial charge < -0.3 is 9.88 Å². The molecule has 96 valence electrons. The van der Waals surface area contributed by atoms with Crippen LogP contribution in [0.1, 0.15) is 5.56 Å². The molecule has 0 saturated heterocycles. The van der Waals surface area contributed by atoms with Gasteiger partial charge in [0.25, 0.3) is 0 Å². The number of hydrogen-bond acceptors (Lipinski definition) is 3. The summed E-state index contributed by atoms with van der Waals surface area (Å²) in [5.74, 6) is 0. The Morgan fingerprint density at radius 3 is 2.89 bits per heavy atom. The topological polar surface area (TPSA) is 47.7 Å². The Morgan fingerprint density at radius 1 is 1.26 bits per heavy atom. The molecule has 0 aliphatic carbocycles. The van der Waals surface area contributed by atoms with Crippen molar-refractivity contribution >= 4 is 5.69 Å². The Kier molecular flexibility index (Phi) is 3.02. The molecule has 3 rings (SSSR count). The lowest BCUT2D eigenvalue weighted by atomic mass is 10.2. The van der Waals surface area contributed by atoms with Crippen molar-refractivity contribution in [3.63, 3.8) is 0 Å². The number of rotatable bonds is 4. The summed E-state index contributed by atoms with van der Waals surface area (Å²) in [7, 11) is 1.92. The fourth-order valence-electron chi connectivity index (χ4n) is 2.01. The Hall–Kier alpha value is -2.56. The van der Waals surface area contributed by atoms with Crippen molar-refractivity contribution in [3.8, 4) is 5.69 Å². The van der Waals surface area contributed by atoms with E-state index in [1.165, 1.54) is 0 Å². The van der Waals surface area contributed by atoms with Gasteiger partial charge in [0.15, 0.2) is 0 Å². The summed E-state index contributed by atoms with van der Waals surface area (Å²) in [6.45, 7) is 0.750. The maximum atomic E-state index is 4.16. The minimum atomic E-state index is 0.750. The summed E-state index contributed by atoms with van der Waals surface area (Å²) in [6, 6.07) is 8.16. The first-order valence-electron chi connectivity index (χ1n) is 6.12. The molecule has 2 aromatic heterocycles. The molecule has 0 amide bonds. The zero-order valence-corrected chi connectivity index (χ0v) is 10.7. The van der Waals surface area contributed by atoms with E-state index in [9.17, 15) is 0 Å². The summed E-state index contributed by atoms with van der Waals surface area (Å²) >= 11 is 0. The second-order valence-corrected chi connectivity index (χ2v) is 4.36. The molecule has 5 heteroatoms. The van der Waals surface area contributed by atoms with E-state index in [2.05, 4.69) is 27.5 Å². The Bertz CT molecular complexity index is 654. The molecule has 0 spiro atoms. The first-order chi connectivity index (χ1) is 9.33. The van der Waals surface area contributed by atoms with Gasteiger partial charge in [-0.2, -0.15) is 5.10 Å². The number of benzene rings is 1. The zero-order valence-electron chi connectivity index (χ0n) is 10.7. The second-order valence-electron chi connectivity index (χ2n) is 4.36. The molecule has 0 bridgehead atoms. The highest BCUT2D eigenvalue weighted by molar-refractivity contribution is 5.61. The first-order valence-corrected chi connectivity index (χ1v) is 6.12. The van der Waals surface area contributed by atoms with Crippen LogP contribution in [0.5, 0.6) is 0 Å². The third-order valence-electron chi connectivity index (χ3n) is 2.93. The van der Waals surface area contributed by atoms with E-state index in [-0.39, 0.29) is 0 Å². The van der Waals surface area contributed by atoms with Gasteiger partial charge >= 0.3 is 0 Å². The molecule has 0 fully saturated rings. The van der Waals surface area contributed by atoms with Crippen molar-refractivity contribution in [1.29, 1.82) is 0 Å². The van der Waals surface area contributed by atoms with E-state index < -0.39 is 0 Å². The fraction of sp³-hybridized carbons (Fsp3) is 0.143. The molecular formula is C14H15N5. The number of para-hydroxylation sites is 2. The third-order valence-corrected chi connectivity index (χ3v) is 2.93. The van der Waals surface area contributed by atoms with Crippen LogP contribution >= 0.6 is 0 Å². The molecule has 0 atom stereocenters. The van der Waals surface area contributed by atoms with Gasteiger partial charge in [-0.1, -0.05) is 12.1 Å². The molecule has 2 heterocycles. The van der Waals surface area contributed by atoms with Crippen molar-refractivity contribution in [2.45, 2.75) is 6.54 Å². The second kappa shape index (κ2) is 4.97. The maximum Gasteiger partial charge on any atom is 0.0992 e. The first kappa shape index (κ1) is 11.5. The molecule has 0 aliphatic rings. The third kappa shape index (κ3) is 2.49. The van der Waals surface area contributed by atoms with E-state index in [4.69, 9.17) is 0 Å². The van der Waals surface area contributed by atoms with Crippen molar-refractivity contribution in [1.82, 2.24) is 19.3 Å². The van der Waals surface area contributed by atoms with Crippen LogP contribution in [0.2, 0.25) is 0 Å². The monoisotopic (exact) mass is 253 g/mol. The number of anilines is 1. The van der Waals surface area contributed by atoms with Crippen LogP contribution in [0.4, 0.5) is 5.69 Å². The summed E-state index contributed by atoms with van der Waals surface area (Å²) in [5, 5.41) is 7.59. The standard InChI is InChI=1S/C14H15N5/c1-18-10-12(9-17-18)8-16-13-4-2-3-5-14(13)19-7-6-15-11-19/h2-7,9-11,16H,8H2,1H3. The van der Waals surface area contributed by atoms with Crippen LogP contribution in [0.3, 0.4) is 0 Å². The van der Waals surface area contributed by atoms with Crippen LogP contribution in [0, 0.1) is 0 Å². The molecule has 0 aliphatic heterocycles. The summed E-state index contributed by atoms with van der Waals surface area (Å²) in [4.78, 5) is 4.08. The summed E-state index contributed by atoms with van der Waals surface area (Å²) < 4.78 is 3.80. The number of aromatic nitrogens is 4. The molecule has 1 N–H and O–H groups in total. The molecule has 0 saturated carbocycles. The summed E-state index contributed by atoms with van der Waals surface area (Å²) in [5.41, 5.74) is 3.32. The SMILES string of the molecule is Cn1cc(CNc2ccccc2-n2ccnc2)cn1. The highest BCUT2D eigenvalue weighted by atomic mass is 15.2. The van der Waals surface area contributed by atoms with Crippen LogP contribution in [-0.4, -0.2) is 19.3 Å². The van der Waals surface area contributed by atoms with Gasteiger partial charge in [0.1, 0.15) is 0 Å². The number of nitrogens with zero attached hydrogens (tertiary/aromatic N) is 4. The van der Waals surface area contributed by atoms with E-state index >= 15 is 0 Å². The normalized spacial score (nSPS) is 10.6. The highest BCUT2D eigenvalue weighted by Crippen LogP contribution is 2.20. The van der Waals surface area contributed by atoms with Crippen molar-refractivity contribution in [2.75, 3.05) is 5.32 Å². The minimum Gasteiger partial charge on any atom is -0.379 e. The van der Waals surface area contributed by atoms with Gasteiger partial charge in [0, 0.05) is 37.7 Å². The zero-order chi connectivity index (χ0) is 13.1. The molecule has 1 aromatic carbocycles. The lowest BCUT2D eigenvalue weighted by Gasteiger charge is -2.11. The quantitative estimate of drug-likeness (QED) is 0.775. The minimum absolute atomic E-state index is 0.750. The predicted molar refractivity (Wildman–Crippen MR) is 74.1 cm³/mol. The molecular weight excluding hydrogens is 238 g/mol.